The van der Waals surface area contributed by atoms with Crippen molar-refractivity contribution in [2.45, 2.75) is 418 Å². The molecule has 6 heteroatoms. The molecular weight excluding hydrogens is 947 g/mol. The number of hydrogen-bond donors (Lipinski definition) is 3. The molecule has 6 nitrogen and oxygen atoms in total. The Morgan fingerprint density at radius 1 is 0.351 bits per heavy atom. The van der Waals surface area contributed by atoms with Gasteiger partial charge in [-0.2, -0.15) is 0 Å². The Bertz CT molecular complexity index is 1160. The summed E-state index contributed by atoms with van der Waals surface area (Å²) in [5, 5.41) is 23.2. The van der Waals surface area contributed by atoms with Gasteiger partial charge >= 0.3 is 5.97 Å². The monoisotopic (exact) mass is 1090 g/mol. The van der Waals surface area contributed by atoms with E-state index < -0.39 is 12.1 Å². The molecular formula is C71H139NO5. The summed E-state index contributed by atoms with van der Waals surface area (Å²) in [6.07, 6.45) is 83.0. The van der Waals surface area contributed by atoms with Gasteiger partial charge in [-0.3, -0.25) is 9.59 Å². The molecule has 0 radical (unpaired) electrons. The Kier molecular flexibility index (Phi) is 65.9. The number of esters is 1. The fourth-order valence-corrected chi connectivity index (χ4v) is 11.4. The number of carbonyl (C=O) groups is 2. The fraction of sp³-hybridized carbons (Fsp3) is 0.944. The molecule has 2 unspecified atom stereocenters. The maximum atomic E-state index is 12.5. The van der Waals surface area contributed by atoms with Crippen LogP contribution in [0.25, 0.3) is 0 Å². The summed E-state index contributed by atoms with van der Waals surface area (Å²) >= 11 is 0. The molecule has 458 valence electrons. The third-order valence-electron chi connectivity index (χ3n) is 16.8. The average Bonchev–Trinajstić information content (AvgIpc) is 3.43. The third kappa shape index (κ3) is 63.6. The van der Waals surface area contributed by atoms with Crippen molar-refractivity contribution in [2.75, 3.05) is 13.2 Å². The van der Waals surface area contributed by atoms with Crippen LogP contribution >= 0.6 is 0 Å². The summed E-state index contributed by atoms with van der Waals surface area (Å²) in [7, 11) is 0. The van der Waals surface area contributed by atoms with Gasteiger partial charge in [0.25, 0.3) is 0 Å². The highest BCUT2D eigenvalue weighted by molar-refractivity contribution is 5.76. The van der Waals surface area contributed by atoms with Crippen LogP contribution in [0.5, 0.6) is 0 Å². The van der Waals surface area contributed by atoms with E-state index in [4.69, 9.17) is 4.74 Å². The van der Waals surface area contributed by atoms with Crippen molar-refractivity contribution in [3.05, 3.63) is 12.2 Å². The zero-order valence-electron chi connectivity index (χ0n) is 52.5. The van der Waals surface area contributed by atoms with E-state index in [9.17, 15) is 19.8 Å². The first-order chi connectivity index (χ1) is 38.0. The minimum absolute atomic E-state index is 0.0197. The standard InChI is InChI=1S/C71H139NO5/c1-3-5-7-9-11-13-15-16-17-18-19-31-34-37-40-44-47-51-55-59-63-69(74)68(67-73)72-70(75)64-60-56-52-48-45-41-38-35-32-29-27-25-23-21-20-22-24-26-28-30-33-36-39-42-46-50-54-58-62-66-77-71(76)65-61-57-53-49-43-14-12-10-8-6-4-2/h59,63,68-69,73-74H,3-58,60-62,64-67H2,1-2H3,(H,72,75)/b63-59+. The minimum atomic E-state index is -0.842. The quantitative estimate of drug-likeness (QED) is 0.0320. The maximum absolute atomic E-state index is 12.5. The molecule has 0 spiro atoms. The van der Waals surface area contributed by atoms with E-state index in [1.54, 1.807) is 6.08 Å². The smallest absolute Gasteiger partial charge is 0.305 e. The molecule has 0 heterocycles. The van der Waals surface area contributed by atoms with Crippen molar-refractivity contribution >= 4 is 11.9 Å². The van der Waals surface area contributed by atoms with Gasteiger partial charge in [0.1, 0.15) is 0 Å². The number of carbonyl (C=O) groups excluding carboxylic acids is 2. The molecule has 3 N–H and O–H groups in total. The summed E-state index contributed by atoms with van der Waals surface area (Å²) < 4.78 is 5.48. The Balaban J connectivity index is 3.36. The second kappa shape index (κ2) is 67.1. The largest absolute Gasteiger partial charge is 0.466 e. The Labute approximate surface area is 482 Å². The number of allylic oxidation sites excluding steroid dienone is 1. The number of amides is 1. The first-order valence-corrected chi connectivity index (χ1v) is 35.5. The van der Waals surface area contributed by atoms with Crippen LogP contribution in [0.3, 0.4) is 0 Å². The maximum Gasteiger partial charge on any atom is 0.305 e. The van der Waals surface area contributed by atoms with Crippen LogP contribution in [0, 0.1) is 0 Å². The van der Waals surface area contributed by atoms with E-state index in [-0.39, 0.29) is 18.5 Å². The van der Waals surface area contributed by atoms with E-state index in [0.29, 0.717) is 19.4 Å². The lowest BCUT2D eigenvalue weighted by molar-refractivity contribution is -0.143. The molecule has 1 amide bonds. The highest BCUT2D eigenvalue weighted by Gasteiger charge is 2.18. The van der Waals surface area contributed by atoms with E-state index in [0.717, 1.165) is 38.5 Å². The molecule has 0 fully saturated rings. The van der Waals surface area contributed by atoms with Crippen LogP contribution in [-0.4, -0.2) is 47.4 Å². The molecule has 77 heavy (non-hydrogen) atoms. The van der Waals surface area contributed by atoms with Gasteiger partial charge in [0.05, 0.1) is 25.4 Å². The van der Waals surface area contributed by atoms with E-state index in [1.807, 2.05) is 6.08 Å². The first kappa shape index (κ1) is 75.6. The molecule has 0 bridgehead atoms. The van der Waals surface area contributed by atoms with E-state index in [1.165, 1.54) is 340 Å². The van der Waals surface area contributed by atoms with Crippen molar-refractivity contribution in [1.29, 1.82) is 0 Å². The van der Waals surface area contributed by atoms with Gasteiger partial charge in [-0.25, -0.2) is 0 Å². The third-order valence-corrected chi connectivity index (χ3v) is 16.8. The van der Waals surface area contributed by atoms with Crippen LogP contribution in [0.2, 0.25) is 0 Å². The van der Waals surface area contributed by atoms with E-state index in [2.05, 4.69) is 19.2 Å². The van der Waals surface area contributed by atoms with Crippen molar-refractivity contribution in [3.63, 3.8) is 0 Å². The molecule has 0 aromatic rings. The number of ether oxygens (including phenoxy) is 1. The highest BCUT2D eigenvalue weighted by atomic mass is 16.5. The Hall–Kier alpha value is -1.40. The summed E-state index contributed by atoms with van der Waals surface area (Å²) in [6, 6.07) is -0.625. The highest BCUT2D eigenvalue weighted by Crippen LogP contribution is 2.19. The molecule has 0 aromatic carbocycles. The van der Waals surface area contributed by atoms with Crippen molar-refractivity contribution in [2.24, 2.45) is 0 Å². The van der Waals surface area contributed by atoms with E-state index >= 15 is 0 Å². The van der Waals surface area contributed by atoms with Gasteiger partial charge in [0.15, 0.2) is 0 Å². The zero-order valence-corrected chi connectivity index (χ0v) is 52.5. The lowest BCUT2D eigenvalue weighted by atomic mass is 10.0. The van der Waals surface area contributed by atoms with Crippen LogP contribution in [0.15, 0.2) is 12.2 Å². The molecule has 0 saturated carbocycles. The summed E-state index contributed by atoms with van der Waals surface area (Å²) in [5.41, 5.74) is 0. The lowest BCUT2D eigenvalue weighted by Gasteiger charge is -2.20. The number of rotatable bonds is 67. The topological polar surface area (TPSA) is 95.9 Å². The van der Waals surface area contributed by atoms with Gasteiger partial charge < -0.3 is 20.3 Å². The number of nitrogens with one attached hydrogen (secondary N) is 1. The second-order valence-corrected chi connectivity index (χ2v) is 24.6. The van der Waals surface area contributed by atoms with Gasteiger partial charge in [-0.1, -0.05) is 373 Å². The fourth-order valence-electron chi connectivity index (χ4n) is 11.4. The van der Waals surface area contributed by atoms with Gasteiger partial charge in [0, 0.05) is 12.8 Å². The summed E-state index contributed by atoms with van der Waals surface area (Å²) in [4.78, 5) is 24.5. The number of unbranched alkanes of at least 4 members (excludes halogenated alkanes) is 56. The first-order valence-electron chi connectivity index (χ1n) is 35.5. The Morgan fingerprint density at radius 3 is 0.883 bits per heavy atom. The lowest BCUT2D eigenvalue weighted by Crippen LogP contribution is -2.45. The SMILES string of the molecule is CCCCCCCCCCCCCCCCCCCC/C=C/C(O)C(CO)NC(=O)CCCCCCCCCCCCCCCCCCCCCCCCCCCCCCCOC(=O)CCCCCCCCCCCCC. The molecule has 0 aliphatic heterocycles. The van der Waals surface area contributed by atoms with Crippen LogP contribution in [-0.2, 0) is 14.3 Å². The molecule has 2 atom stereocenters. The van der Waals surface area contributed by atoms with Crippen LogP contribution in [0.1, 0.15) is 406 Å². The second-order valence-electron chi connectivity index (χ2n) is 24.6. The Morgan fingerprint density at radius 2 is 0.597 bits per heavy atom. The van der Waals surface area contributed by atoms with Crippen LogP contribution in [0.4, 0.5) is 0 Å². The number of aliphatic hydroxyl groups excluding tert-OH is 2. The molecule has 0 saturated heterocycles. The average molecular weight is 1090 g/mol. The predicted molar refractivity (Wildman–Crippen MR) is 338 cm³/mol. The van der Waals surface area contributed by atoms with Gasteiger partial charge in [0.2, 0.25) is 5.91 Å². The summed E-state index contributed by atoms with van der Waals surface area (Å²) in [6.45, 7) is 4.95. The molecule has 0 rings (SSSR count). The zero-order chi connectivity index (χ0) is 55.7. The van der Waals surface area contributed by atoms with Crippen molar-refractivity contribution in [3.8, 4) is 0 Å². The van der Waals surface area contributed by atoms with Crippen LogP contribution < -0.4 is 5.32 Å². The number of aliphatic hydroxyl groups is 2. The summed E-state index contributed by atoms with van der Waals surface area (Å²) in [5.74, 6) is -0.0403. The van der Waals surface area contributed by atoms with Gasteiger partial charge in [-0.15, -0.1) is 0 Å². The number of hydrogen-bond acceptors (Lipinski definition) is 5. The van der Waals surface area contributed by atoms with Gasteiger partial charge in [-0.05, 0) is 32.1 Å². The van der Waals surface area contributed by atoms with Crippen molar-refractivity contribution < 1.29 is 24.5 Å². The molecule has 0 aliphatic carbocycles. The minimum Gasteiger partial charge on any atom is -0.466 e. The predicted octanol–water partition coefficient (Wildman–Crippen LogP) is 22.8. The van der Waals surface area contributed by atoms with Crippen molar-refractivity contribution in [1.82, 2.24) is 5.32 Å². The molecule has 0 aromatic heterocycles. The normalized spacial score (nSPS) is 12.5. The molecule has 0 aliphatic rings.